The molecule has 12 nitrogen and oxygen atoms in total. The van der Waals surface area contributed by atoms with Crippen LogP contribution < -0.4 is 41.9 Å². The molecule has 8 N–H and O–H groups in total. The monoisotopic (exact) mass is 616 g/mol. The number of aryl methyl sites for hydroxylation is 2. The molecule has 46 heavy (non-hydrogen) atoms. The highest BCUT2D eigenvalue weighted by atomic mass is 16.2. The number of benzene rings is 3. The largest absolute Gasteiger partial charge is 0.398 e. The number of nitrogens with two attached hydrogens (primary N) is 2. The van der Waals surface area contributed by atoms with Crippen LogP contribution in [-0.4, -0.2) is 23.6 Å². The molecule has 0 radical (unpaired) electrons. The molecule has 0 aliphatic carbocycles. The van der Waals surface area contributed by atoms with Crippen LogP contribution in [0.15, 0.2) is 110 Å². The molecule has 2 heterocycles. The minimum atomic E-state index is -0.425. The lowest BCUT2D eigenvalue weighted by atomic mass is 10.1. The van der Waals surface area contributed by atoms with Gasteiger partial charge in [0.25, 0.3) is 23.6 Å². The fourth-order valence-electron chi connectivity index (χ4n) is 4.59. The summed E-state index contributed by atoms with van der Waals surface area (Å²) in [6.45, 7) is 0. The lowest BCUT2D eigenvalue weighted by Crippen LogP contribution is -2.27. The van der Waals surface area contributed by atoms with Crippen molar-refractivity contribution in [3.05, 3.63) is 132 Å². The first-order valence-electron chi connectivity index (χ1n) is 14.1. The average Bonchev–Trinajstić information content (AvgIpc) is 3.01. The van der Waals surface area contributed by atoms with Gasteiger partial charge in [0, 0.05) is 46.0 Å². The molecular formula is C34H32N8O4+2. The topological polar surface area (TPSA) is 176 Å². The third-order valence-corrected chi connectivity index (χ3v) is 6.91. The lowest BCUT2D eigenvalue weighted by molar-refractivity contribution is -0.670. The molecule has 5 aromatic rings. The summed E-state index contributed by atoms with van der Waals surface area (Å²) in [7, 11) is 3.69. The van der Waals surface area contributed by atoms with Gasteiger partial charge in [0.15, 0.2) is 24.8 Å². The summed E-state index contributed by atoms with van der Waals surface area (Å²) >= 11 is 0. The van der Waals surface area contributed by atoms with Crippen LogP contribution in [0.4, 0.5) is 34.1 Å². The fourth-order valence-corrected chi connectivity index (χ4v) is 4.59. The van der Waals surface area contributed by atoms with Crippen LogP contribution in [0.5, 0.6) is 0 Å². The molecule has 0 atom stereocenters. The van der Waals surface area contributed by atoms with Crippen molar-refractivity contribution in [1.29, 1.82) is 0 Å². The predicted octanol–water partition coefficient (Wildman–Crippen LogP) is 3.51. The summed E-state index contributed by atoms with van der Waals surface area (Å²) in [4.78, 5) is 51.1. The standard InChI is InChI=1S/C34H30N8O4/c1-41-15-3-5-25(19-41)39-33(45)27-13-11-23(17-29(27)35)37-31(43)21-7-9-22(10-8-21)32(44)38-24-12-14-28(30(36)18-24)34(46)40-26-6-4-16-42(2)20-26/h3-20H,1-2H3,(H6-2,35,36,37,38,39,40,43,44,45,46)/p+2. The van der Waals surface area contributed by atoms with Gasteiger partial charge in [-0.1, -0.05) is 0 Å². The van der Waals surface area contributed by atoms with Gasteiger partial charge in [-0.25, -0.2) is 9.13 Å². The molecule has 4 amide bonds. The van der Waals surface area contributed by atoms with Crippen LogP contribution in [0.25, 0.3) is 0 Å². The maximum absolute atomic E-state index is 12.9. The summed E-state index contributed by atoms with van der Waals surface area (Å²) in [5.41, 5.74) is 15.8. The van der Waals surface area contributed by atoms with Crippen LogP contribution in [0.3, 0.4) is 0 Å². The van der Waals surface area contributed by atoms with E-state index >= 15 is 0 Å². The van der Waals surface area contributed by atoms with Crippen molar-refractivity contribution in [2.45, 2.75) is 0 Å². The van der Waals surface area contributed by atoms with Crippen molar-refractivity contribution in [2.75, 3.05) is 32.7 Å². The summed E-state index contributed by atoms with van der Waals surface area (Å²) in [6.07, 6.45) is 7.22. The Morgan fingerprint density at radius 1 is 0.500 bits per heavy atom. The molecule has 2 aromatic heterocycles. The van der Waals surface area contributed by atoms with Gasteiger partial charge in [-0.2, -0.15) is 0 Å². The Labute approximate surface area is 264 Å². The normalized spacial score (nSPS) is 10.5. The van der Waals surface area contributed by atoms with E-state index in [2.05, 4.69) is 21.3 Å². The molecule has 0 fully saturated rings. The summed E-state index contributed by atoms with van der Waals surface area (Å²) in [6, 6.07) is 22.4. The van der Waals surface area contributed by atoms with Gasteiger partial charge >= 0.3 is 0 Å². The van der Waals surface area contributed by atoms with E-state index in [0.29, 0.717) is 33.9 Å². The third kappa shape index (κ3) is 7.50. The van der Waals surface area contributed by atoms with E-state index in [0.717, 1.165) is 0 Å². The molecule has 5 rings (SSSR count). The molecule has 0 aliphatic heterocycles. The highest BCUT2D eigenvalue weighted by molar-refractivity contribution is 6.11. The van der Waals surface area contributed by atoms with E-state index < -0.39 is 11.8 Å². The van der Waals surface area contributed by atoms with E-state index in [-0.39, 0.29) is 34.3 Å². The number of nitrogen functional groups attached to an aromatic ring is 2. The maximum Gasteiger partial charge on any atom is 0.257 e. The number of carbonyl (C=O) groups excluding carboxylic acids is 4. The lowest BCUT2D eigenvalue weighted by Gasteiger charge is -2.11. The van der Waals surface area contributed by atoms with Crippen molar-refractivity contribution >= 4 is 57.8 Å². The minimum absolute atomic E-state index is 0.197. The zero-order valence-corrected chi connectivity index (χ0v) is 25.1. The molecule has 0 bridgehead atoms. The molecular weight excluding hydrogens is 584 g/mol. The van der Waals surface area contributed by atoms with Crippen molar-refractivity contribution in [3.63, 3.8) is 0 Å². The van der Waals surface area contributed by atoms with E-state index in [4.69, 9.17) is 11.5 Å². The zero-order chi connectivity index (χ0) is 32.8. The highest BCUT2D eigenvalue weighted by Crippen LogP contribution is 2.22. The van der Waals surface area contributed by atoms with Gasteiger partial charge in [-0.15, -0.1) is 0 Å². The SMILES string of the molecule is C[n+]1cccc(NC(=O)c2ccc(NC(=O)c3ccc(C(=O)Nc4ccc(C(=O)Nc5ccc[n+](C)c5)c(N)c4)cc3)cc2N)c1. The number of nitrogens with zero attached hydrogens (tertiary/aromatic N) is 2. The van der Waals surface area contributed by atoms with Crippen LogP contribution >= 0.6 is 0 Å². The Kier molecular flexibility index (Phi) is 8.99. The molecule has 0 unspecified atom stereocenters. The number of carbonyl (C=O) groups is 4. The van der Waals surface area contributed by atoms with Crippen LogP contribution in [-0.2, 0) is 14.1 Å². The molecule has 0 spiro atoms. The quantitative estimate of drug-likeness (QED) is 0.115. The van der Waals surface area contributed by atoms with Gasteiger partial charge in [0.2, 0.25) is 0 Å². The minimum Gasteiger partial charge on any atom is -0.398 e. The Hall–Kier alpha value is -6.56. The zero-order valence-electron chi connectivity index (χ0n) is 25.1. The summed E-state index contributed by atoms with van der Waals surface area (Å²) in [5, 5.41) is 11.1. The van der Waals surface area contributed by atoms with Gasteiger partial charge in [-0.05, 0) is 72.8 Å². The second-order valence-corrected chi connectivity index (χ2v) is 10.5. The van der Waals surface area contributed by atoms with Crippen molar-refractivity contribution in [3.8, 4) is 0 Å². The number of hydrogen-bond acceptors (Lipinski definition) is 6. The second kappa shape index (κ2) is 13.4. The van der Waals surface area contributed by atoms with Crippen LogP contribution in [0.1, 0.15) is 41.4 Å². The van der Waals surface area contributed by atoms with Gasteiger partial charge in [0.05, 0.1) is 11.1 Å². The van der Waals surface area contributed by atoms with E-state index in [1.807, 2.05) is 47.8 Å². The number of aromatic nitrogens is 2. The van der Waals surface area contributed by atoms with Gasteiger partial charge in [-0.3, -0.25) is 19.2 Å². The number of rotatable bonds is 8. The smallest absolute Gasteiger partial charge is 0.257 e. The molecule has 0 aliphatic rings. The van der Waals surface area contributed by atoms with Gasteiger partial charge < -0.3 is 32.7 Å². The van der Waals surface area contributed by atoms with Gasteiger partial charge in [0.1, 0.15) is 25.5 Å². The number of pyridine rings is 2. The first kappa shape index (κ1) is 30.9. The van der Waals surface area contributed by atoms with E-state index in [1.165, 1.54) is 48.5 Å². The first-order chi connectivity index (χ1) is 22.0. The predicted molar refractivity (Wildman–Crippen MR) is 175 cm³/mol. The first-order valence-corrected chi connectivity index (χ1v) is 14.1. The van der Waals surface area contributed by atoms with Crippen LogP contribution in [0.2, 0.25) is 0 Å². The third-order valence-electron chi connectivity index (χ3n) is 6.91. The van der Waals surface area contributed by atoms with Crippen molar-refractivity contribution in [1.82, 2.24) is 0 Å². The Morgan fingerprint density at radius 3 is 1.22 bits per heavy atom. The van der Waals surface area contributed by atoms with E-state index in [9.17, 15) is 19.2 Å². The number of anilines is 6. The maximum atomic E-state index is 12.9. The molecule has 3 aromatic carbocycles. The average molecular weight is 617 g/mol. The molecule has 12 heteroatoms. The number of amides is 4. The Bertz CT molecular complexity index is 1830. The Morgan fingerprint density at radius 2 is 0.870 bits per heavy atom. The van der Waals surface area contributed by atoms with Crippen molar-refractivity contribution < 1.29 is 28.3 Å². The molecule has 230 valence electrons. The fraction of sp³-hybridized carbons (Fsp3) is 0.0588. The highest BCUT2D eigenvalue weighted by Gasteiger charge is 2.16. The molecule has 0 saturated carbocycles. The summed E-state index contributed by atoms with van der Waals surface area (Å²) in [5.74, 6) is -1.61. The van der Waals surface area contributed by atoms with E-state index in [1.54, 1.807) is 36.7 Å². The second-order valence-electron chi connectivity index (χ2n) is 10.5. The van der Waals surface area contributed by atoms with Crippen molar-refractivity contribution in [2.24, 2.45) is 14.1 Å². The number of hydrogen-bond donors (Lipinski definition) is 6. The number of nitrogens with one attached hydrogen (secondary N) is 4. The molecule has 0 saturated heterocycles. The summed E-state index contributed by atoms with van der Waals surface area (Å²) < 4.78 is 3.61. The Balaban J connectivity index is 1.17. The van der Waals surface area contributed by atoms with Crippen LogP contribution in [0, 0.1) is 0 Å².